The van der Waals surface area contributed by atoms with Crippen molar-refractivity contribution < 1.29 is 19.1 Å². The maximum atomic E-state index is 12.9. The quantitative estimate of drug-likeness (QED) is 0.664. The van der Waals surface area contributed by atoms with Gasteiger partial charge in [-0.25, -0.2) is 0 Å². The van der Waals surface area contributed by atoms with Crippen molar-refractivity contribution in [1.29, 1.82) is 0 Å². The number of hydrogen-bond acceptors (Lipinski definition) is 5. The molecule has 1 aromatic heterocycles. The fraction of sp³-hybridized carbons (Fsp3) is 0.435. The van der Waals surface area contributed by atoms with Crippen LogP contribution in [0.3, 0.4) is 0 Å². The fourth-order valence-corrected chi connectivity index (χ4v) is 5.07. The number of imide groups is 1. The Labute approximate surface area is 186 Å². The number of morpholine rings is 1. The molecule has 3 heterocycles. The van der Waals surface area contributed by atoms with Gasteiger partial charge in [-0.05, 0) is 43.7 Å². The molecule has 1 aromatic carbocycles. The smallest absolute Gasteiger partial charge is 0.293 e. The van der Waals surface area contributed by atoms with Gasteiger partial charge in [-0.2, -0.15) is 0 Å². The highest BCUT2D eigenvalue weighted by Crippen LogP contribution is 2.35. The molecule has 3 amide bonds. The average Bonchev–Trinajstić information content (AvgIpc) is 3.25. The van der Waals surface area contributed by atoms with E-state index in [-0.39, 0.29) is 29.6 Å². The SMILES string of the molecule is CCc1cccc2c(/C=C3\SC(=O)N(C(C)C)C3=O)cn(CC(=O)N3CCOCC3)c12. The molecule has 8 heteroatoms. The molecule has 0 unspecified atom stereocenters. The van der Waals surface area contributed by atoms with E-state index in [1.165, 1.54) is 4.90 Å². The van der Waals surface area contributed by atoms with E-state index in [9.17, 15) is 14.4 Å². The zero-order valence-electron chi connectivity index (χ0n) is 18.1. The molecular formula is C23H27N3O4S. The summed E-state index contributed by atoms with van der Waals surface area (Å²) in [5.41, 5.74) is 2.98. The number of aryl methyl sites for hydroxylation is 1. The van der Waals surface area contributed by atoms with E-state index in [1.54, 1.807) is 6.08 Å². The van der Waals surface area contributed by atoms with Crippen LogP contribution in [0.25, 0.3) is 17.0 Å². The zero-order chi connectivity index (χ0) is 22.1. The van der Waals surface area contributed by atoms with Gasteiger partial charge in [0, 0.05) is 36.3 Å². The number of rotatable bonds is 5. The third-order valence-corrected chi connectivity index (χ3v) is 6.57. The summed E-state index contributed by atoms with van der Waals surface area (Å²) in [4.78, 5) is 41.5. The predicted octanol–water partition coefficient (Wildman–Crippen LogP) is 3.51. The molecule has 0 spiro atoms. The van der Waals surface area contributed by atoms with Crippen LogP contribution in [0.2, 0.25) is 0 Å². The van der Waals surface area contributed by atoms with Crippen LogP contribution >= 0.6 is 11.8 Å². The second-order valence-corrected chi connectivity index (χ2v) is 9.01. The van der Waals surface area contributed by atoms with Gasteiger partial charge < -0.3 is 14.2 Å². The summed E-state index contributed by atoms with van der Waals surface area (Å²) in [7, 11) is 0. The van der Waals surface area contributed by atoms with Gasteiger partial charge in [0.2, 0.25) is 5.91 Å². The van der Waals surface area contributed by atoms with Gasteiger partial charge in [0.25, 0.3) is 11.1 Å². The van der Waals surface area contributed by atoms with E-state index >= 15 is 0 Å². The van der Waals surface area contributed by atoms with Crippen molar-refractivity contribution in [2.24, 2.45) is 0 Å². The van der Waals surface area contributed by atoms with Crippen molar-refractivity contribution in [3.63, 3.8) is 0 Å². The summed E-state index contributed by atoms with van der Waals surface area (Å²) < 4.78 is 7.33. The summed E-state index contributed by atoms with van der Waals surface area (Å²) in [5, 5.41) is 0.734. The van der Waals surface area contributed by atoms with Crippen molar-refractivity contribution in [1.82, 2.24) is 14.4 Å². The lowest BCUT2D eigenvalue weighted by Gasteiger charge is -2.27. The largest absolute Gasteiger partial charge is 0.378 e. The first-order valence-electron chi connectivity index (χ1n) is 10.6. The third kappa shape index (κ3) is 4.14. The van der Waals surface area contributed by atoms with Gasteiger partial charge in [0.05, 0.1) is 23.6 Å². The number of aromatic nitrogens is 1. The van der Waals surface area contributed by atoms with Gasteiger partial charge >= 0.3 is 0 Å². The Kier molecular flexibility index (Phi) is 6.20. The number of benzene rings is 1. The van der Waals surface area contributed by atoms with Crippen LogP contribution in [-0.4, -0.2) is 63.8 Å². The molecular weight excluding hydrogens is 414 g/mol. The number of nitrogens with zero attached hydrogens (tertiary/aromatic N) is 3. The number of thioether (sulfide) groups is 1. The fourth-order valence-electron chi connectivity index (χ4n) is 4.12. The zero-order valence-corrected chi connectivity index (χ0v) is 18.9. The Morgan fingerprint density at radius 3 is 2.61 bits per heavy atom. The predicted molar refractivity (Wildman–Crippen MR) is 122 cm³/mol. The first-order chi connectivity index (χ1) is 14.9. The molecule has 4 rings (SSSR count). The highest BCUT2D eigenvalue weighted by Gasteiger charge is 2.36. The Morgan fingerprint density at radius 2 is 1.97 bits per heavy atom. The lowest BCUT2D eigenvalue weighted by molar-refractivity contribution is -0.135. The minimum Gasteiger partial charge on any atom is -0.378 e. The summed E-state index contributed by atoms with van der Waals surface area (Å²) in [5.74, 6) is -0.209. The molecule has 0 bridgehead atoms. The molecule has 2 aromatic rings. The van der Waals surface area contributed by atoms with E-state index in [1.807, 2.05) is 41.6 Å². The number of carbonyl (C=O) groups excluding carboxylic acids is 3. The summed E-state index contributed by atoms with van der Waals surface area (Å²) in [6, 6.07) is 5.88. The molecule has 164 valence electrons. The minimum atomic E-state index is -0.262. The number of fused-ring (bicyclic) bond motifs is 1. The van der Waals surface area contributed by atoms with Gasteiger partial charge in [0.15, 0.2) is 0 Å². The molecule has 0 radical (unpaired) electrons. The van der Waals surface area contributed by atoms with Gasteiger partial charge in [-0.3, -0.25) is 19.3 Å². The summed E-state index contributed by atoms with van der Waals surface area (Å²) in [6.45, 7) is 8.32. The first kappa shape index (κ1) is 21.6. The maximum Gasteiger partial charge on any atom is 0.293 e. The Balaban J connectivity index is 1.73. The van der Waals surface area contributed by atoms with E-state index in [0.717, 1.165) is 40.2 Å². The van der Waals surface area contributed by atoms with Crippen molar-refractivity contribution in [2.75, 3.05) is 26.3 Å². The van der Waals surface area contributed by atoms with Crippen LogP contribution in [0, 0.1) is 0 Å². The molecule has 0 aliphatic carbocycles. The van der Waals surface area contributed by atoms with Crippen LogP contribution < -0.4 is 0 Å². The highest BCUT2D eigenvalue weighted by molar-refractivity contribution is 8.18. The van der Waals surface area contributed by atoms with Crippen LogP contribution in [-0.2, 0) is 27.3 Å². The van der Waals surface area contributed by atoms with Gasteiger partial charge in [-0.1, -0.05) is 25.1 Å². The Bertz CT molecular complexity index is 1070. The first-order valence-corrected chi connectivity index (χ1v) is 11.5. The molecule has 7 nitrogen and oxygen atoms in total. The second kappa shape index (κ2) is 8.88. The van der Waals surface area contributed by atoms with Crippen molar-refractivity contribution >= 4 is 45.8 Å². The number of para-hydroxylation sites is 1. The van der Waals surface area contributed by atoms with Crippen molar-refractivity contribution in [3.05, 3.63) is 40.4 Å². The second-order valence-electron chi connectivity index (χ2n) is 8.02. The third-order valence-electron chi connectivity index (χ3n) is 5.69. The van der Waals surface area contributed by atoms with E-state index < -0.39 is 0 Å². The van der Waals surface area contributed by atoms with Crippen LogP contribution in [0.1, 0.15) is 31.9 Å². The van der Waals surface area contributed by atoms with E-state index in [4.69, 9.17) is 4.74 Å². The molecule has 0 atom stereocenters. The topological polar surface area (TPSA) is 71.9 Å². The molecule has 2 saturated heterocycles. The van der Waals surface area contributed by atoms with Gasteiger partial charge in [-0.15, -0.1) is 0 Å². The molecule has 31 heavy (non-hydrogen) atoms. The summed E-state index contributed by atoms with van der Waals surface area (Å²) in [6.07, 6.45) is 4.53. The van der Waals surface area contributed by atoms with Crippen LogP contribution in [0.5, 0.6) is 0 Å². The monoisotopic (exact) mass is 441 g/mol. The van der Waals surface area contributed by atoms with Crippen LogP contribution in [0.4, 0.5) is 4.79 Å². The lowest BCUT2D eigenvalue weighted by atomic mass is 10.1. The normalized spacial score (nSPS) is 18.8. The molecule has 0 saturated carbocycles. The molecule has 2 fully saturated rings. The van der Waals surface area contributed by atoms with Gasteiger partial charge in [0.1, 0.15) is 6.54 Å². The number of amides is 3. The van der Waals surface area contributed by atoms with E-state index in [2.05, 4.69) is 13.0 Å². The maximum absolute atomic E-state index is 12.9. The molecule has 2 aliphatic rings. The highest BCUT2D eigenvalue weighted by atomic mass is 32.2. The molecule has 2 aliphatic heterocycles. The van der Waals surface area contributed by atoms with E-state index in [0.29, 0.717) is 31.2 Å². The lowest BCUT2D eigenvalue weighted by Crippen LogP contribution is -2.42. The Morgan fingerprint density at radius 1 is 1.23 bits per heavy atom. The minimum absolute atomic E-state index is 0.0535. The number of ether oxygens (including phenoxy) is 1. The molecule has 0 N–H and O–H groups in total. The van der Waals surface area contributed by atoms with Crippen molar-refractivity contribution in [2.45, 2.75) is 39.8 Å². The standard InChI is InChI=1S/C23H27N3O4S/c1-4-16-6-5-7-18-17(12-19-22(28)26(15(2)3)23(29)31-19)13-25(21(16)18)14-20(27)24-8-10-30-11-9-24/h5-7,12-13,15H,4,8-11,14H2,1-3H3/b19-12-. The number of carbonyl (C=O) groups is 3. The Hall–Kier alpha value is -2.58. The van der Waals surface area contributed by atoms with Crippen molar-refractivity contribution in [3.8, 4) is 0 Å². The van der Waals surface area contributed by atoms with Crippen LogP contribution in [0.15, 0.2) is 29.3 Å². The summed E-state index contributed by atoms with van der Waals surface area (Å²) >= 11 is 0.970. The average molecular weight is 442 g/mol. The number of hydrogen-bond donors (Lipinski definition) is 0.